The van der Waals surface area contributed by atoms with E-state index >= 15 is 0 Å². The normalized spacial score (nSPS) is 17.4. The predicted octanol–water partition coefficient (Wildman–Crippen LogP) is 3.75. The number of rotatable bonds is 5. The Morgan fingerprint density at radius 3 is 2.31 bits per heavy atom. The molecule has 1 aromatic rings. The fraction of sp³-hybridized carbons (Fsp3) is 0.600. The minimum atomic E-state index is 0.596. The second-order valence-corrected chi connectivity index (χ2v) is 5.19. The van der Waals surface area contributed by atoms with Gasteiger partial charge in [0, 0.05) is 6.04 Å². The third-order valence-electron chi connectivity index (χ3n) is 3.31. The molecule has 1 heteroatoms. The van der Waals surface area contributed by atoms with Crippen LogP contribution in [0.15, 0.2) is 18.2 Å². The standard InChI is InChI=1S/C15H23N/c1-4-7-16-15(13-5-6-13)14-9-11(2)8-12(3)10-14/h8-10,13,15-16H,4-7H2,1-3H3. The summed E-state index contributed by atoms with van der Waals surface area (Å²) in [5, 5.41) is 3.70. The first kappa shape index (κ1) is 11.7. The van der Waals surface area contributed by atoms with E-state index < -0.39 is 0 Å². The molecular formula is C15H23N. The predicted molar refractivity (Wildman–Crippen MR) is 69.7 cm³/mol. The molecule has 0 heterocycles. The molecule has 1 aliphatic rings. The lowest BCUT2D eigenvalue weighted by Crippen LogP contribution is -2.23. The van der Waals surface area contributed by atoms with E-state index in [-0.39, 0.29) is 0 Å². The van der Waals surface area contributed by atoms with Crippen LogP contribution in [0.3, 0.4) is 0 Å². The monoisotopic (exact) mass is 217 g/mol. The highest BCUT2D eigenvalue weighted by Crippen LogP contribution is 2.41. The quantitative estimate of drug-likeness (QED) is 0.792. The van der Waals surface area contributed by atoms with Gasteiger partial charge in [-0.3, -0.25) is 0 Å². The molecule has 1 aromatic carbocycles. The van der Waals surface area contributed by atoms with Crippen molar-refractivity contribution in [1.29, 1.82) is 0 Å². The Balaban J connectivity index is 2.16. The second-order valence-electron chi connectivity index (χ2n) is 5.19. The summed E-state index contributed by atoms with van der Waals surface area (Å²) in [5.41, 5.74) is 4.27. The fourth-order valence-corrected chi connectivity index (χ4v) is 2.48. The van der Waals surface area contributed by atoms with Crippen molar-refractivity contribution < 1.29 is 0 Å². The first-order valence-electron chi connectivity index (χ1n) is 6.52. The van der Waals surface area contributed by atoms with Crippen LogP contribution >= 0.6 is 0 Å². The number of hydrogen-bond acceptors (Lipinski definition) is 1. The molecule has 0 aromatic heterocycles. The molecule has 0 saturated heterocycles. The summed E-state index contributed by atoms with van der Waals surface area (Å²) in [6, 6.07) is 7.54. The first-order valence-corrected chi connectivity index (χ1v) is 6.52. The van der Waals surface area contributed by atoms with Crippen LogP contribution in [0.4, 0.5) is 0 Å². The van der Waals surface area contributed by atoms with Gasteiger partial charge in [0.1, 0.15) is 0 Å². The summed E-state index contributed by atoms with van der Waals surface area (Å²) < 4.78 is 0. The van der Waals surface area contributed by atoms with Gasteiger partial charge in [-0.1, -0.05) is 36.2 Å². The van der Waals surface area contributed by atoms with Gasteiger partial charge in [0.25, 0.3) is 0 Å². The van der Waals surface area contributed by atoms with Crippen LogP contribution in [0.5, 0.6) is 0 Å². The van der Waals surface area contributed by atoms with E-state index in [1.165, 1.54) is 36.0 Å². The maximum Gasteiger partial charge on any atom is 0.0348 e. The number of nitrogens with one attached hydrogen (secondary N) is 1. The Morgan fingerprint density at radius 2 is 1.81 bits per heavy atom. The first-order chi connectivity index (χ1) is 7.70. The van der Waals surface area contributed by atoms with Crippen molar-refractivity contribution in [2.75, 3.05) is 6.54 Å². The summed E-state index contributed by atoms with van der Waals surface area (Å²) in [6.45, 7) is 7.76. The van der Waals surface area contributed by atoms with E-state index in [9.17, 15) is 0 Å². The molecule has 0 aliphatic heterocycles. The fourth-order valence-electron chi connectivity index (χ4n) is 2.48. The zero-order valence-corrected chi connectivity index (χ0v) is 10.7. The van der Waals surface area contributed by atoms with Gasteiger partial charge in [-0.05, 0) is 51.1 Å². The number of benzene rings is 1. The lowest BCUT2D eigenvalue weighted by Gasteiger charge is -2.19. The van der Waals surface area contributed by atoms with Gasteiger partial charge < -0.3 is 5.32 Å². The summed E-state index contributed by atoms with van der Waals surface area (Å²) in [6.07, 6.45) is 4.01. The Bertz CT molecular complexity index is 332. The van der Waals surface area contributed by atoms with Crippen molar-refractivity contribution in [3.63, 3.8) is 0 Å². The van der Waals surface area contributed by atoms with Crippen LogP contribution in [0, 0.1) is 19.8 Å². The maximum atomic E-state index is 3.70. The average Bonchev–Trinajstić information content (AvgIpc) is 3.01. The van der Waals surface area contributed by atoms with Crippen LogP contribution in [0.1, 0.15) is 48.9 Å². The Hall–Kier alpha value is -0.820. The van der Waals surface area contributed by atoms with Crippen LogP contribution in [-0.2, 0) is 0 Å². The average molecular weight is 217 g/mol. The van der Waals surface area contributed by atoms with E-state index in [0.717, 1.165) is 12.5 Å². The smallest absolute Gasteiger partial charge is 0.0348 e. The molecule has 1 fully saturated rings. The SMILES string of the molecule is CCCNC(c1cc(C)cc(C)c1)C1CC1. The molecule has 1 N–H and O–H groups in total. The minimum absolute atomic E-state index is 0.596. The van der Waals surface area contributed by atoms with E-state index in [1.54, 1.807) is 0 Å². The van der Waals surface area contributed by atoms with Crippen molar-refractivity contribution in [3.8, 4) is 0 Å². The number of hydrogen-bond donors (Lipinski definition) is 1. The summed E-state index contributed by atoms with van der Waals surface area (Å²) >= 11 is 0. The molecule has 1 atom stereocenters. The maximum absolute atomic E-state index is 3.70. The molecule has 0 amide bonds. The largest absolute Gasteiger partial charge is 0.310 e. The van der Waals surface area contributed by atoms with Crippen LogP contribution in [0.2, 0.25) is 0 Å². The molecule has 16 heavy (non-hydrogen) atoms. The number of aryl methyl sites for hydroxylation is 2. The highest BCUT2D eigenvalue weighted by molar-refractivity contribution is 5.31. The molecule has 0 bridgehead atoms. The Kier molecular flexibility index (Phi) is 3.65. The molecular weight excluding hydrogens is 194 g/mol. The molecule has 1 nitrogen and oxygen atoms in total. The van der Waals surface area contributed by atoms with Gasteiger partial charge in [0.05, 0.1) is 0 Å². The Labute approximate surface area is 99.3 Å². The van der Waals surface area contributed by atoms with Gasteiger partial charge >= 0.3 is 0 Å². The van der Waals surface area contributed by atoms with Crippen molar-refractivity contribution in [2.24, 2.45) is 5.92 Å². The molecule has 0 radical (unpaired) electrons. The highest BCUT2D eigenvalue weighted by atomic mass is 14.9. The van der Waals surface area contributed by atoms with Gasteiger partial charge in [-0.15, -0.1) is 0 Å². The van der Waals surface area contributed by atoms with Crippen molar-refractivity contribution >= 4 is 0 Å². The van der Waals surface area contributed by atoms with Crippen LogP contribution < -0.4 is 5.32 Å². The molecule has 1 aliphatic carbocycles. The van der Waals surface area contributed by atoms with E-state index in [1.807, 2.05) is 0 Å². The van der Waals surface area contributed by atoms with Gasteiger partial charge in [0.2, 0.25) is 0 Å². The lowest BCUT2D eigenvalue weighted by atomic mass is 9.98. The highest BCUT2D eigenvalue weighted by Gasteiger charge is 2.31. The van der Waals surface area contributed by atoms with E-state index in [2.05, 4.69) is 44.3 Å². The second kappa shape index (κ2) is 5.01. The van der Waals surface area contributed by atoms with Crippen molar-refractivity contribution in [3.05, 3.63) is 34.9 Å². The van der Waals surface area contributed by atoms with Gasteiger partial charge in [-0.2, -0.15) is 0 Å². The van der Waals surface area contributed by atoms with E-state index in [0.29, 0.717) is 6.04 Å². The minimum Gasteiger partial charge on any atom is -0.310 e. The Morgan fingerprint density at radius 1 is 1.19 bits per heavy atom. The van der Waals surface area contributed by atoms with Crippen LogP contribution in [-0.4, -0.2) is 6.54 Å². The third kappa shape index (κ3) is 2.85. The summed E-state index contributed by atoms with van der Waals surface area (Å²) in [7, 11) is 0. The van der Waals surface area contributed by atoms with Crippen molar-refractivity contribution in [2.45, 2.75) is 46.1 Å². The summed E-state index contributed by atoms with van der Waals surface area (Å²) in [4.78, 5) is 0. The van der Waals surface area contributed by atoms with Crippen LogP contribution in [0.25, 0.3) is 0 Å². The molecule has 1 saturated carbocycles. The molecule has 2 rings (SSSR count). The zero-order valence-electron chi connectivity index (χ0n) is 10.7. The zero-order chi connectivity index (χ0) is 11.5. The molecule has 0 spiro atoms. The van der Waals surface area contributed by atoms with Crippen molar-refractivity contribution in [1.82, 2.24) is 5.32 Å². The third-order valence-corrected chi connectivity index (χ3v) is 3.31. The van der Waals surface area contributed by atoms with E-state index in [4.69, 9.17) is 0 Å². The lowest BCUT2D eigenvalue weighted by molar-refractivity contribution is 0.481. The summed E-state index contributed by atoms with van der Waals surface area (Å²) in [5.74, 6) is 0.882. The molecule has 1 unspecified atom stereocenters. The molecule has 88 valence electrons. The topological polar surface area (TPSA) is 12.0 Å². The van der Waals surface area contributed by atoms with Gasteiger partial charge in [-0.25, -0.2) is 0 Å². The van der Waals surface area contributed by atoms with Gasteiger partial charge in [0.15, 0.2) is 0 Å².